The number of alkyl halides is 3. The van der Waals surface area contributed by atoms with E-state index in [9.17, 15) is 13.2 Å². The molecular formula is C7H10F3N3. The van der Waals surface area contributed by atoms with E-state index in [0.29, 0.717) is 0 Å². The third kappa shape index (κ3) is 2.73. The Labute approximate surface area is 73.3 Å². The molecule has 1 aromatic heterocycles. The van der Waals surface area contributed by atoms with Gasteiger partial charge in [0.25, 0.3) is 0 Å². The molecular weight excluding hydrogens is 183 g/mol. The molecule has 6 heteroatoms. The summed E-state index contributed by atoms with van der Waals surface area (Å²) >= 11 is 0. The summed E-state index contributed by atoms with van der Waals surface area (Å²) in [5, 5.41) is 3.54. The average molecular weight is 193 g/mol. The van der Waals surface area contributed by atoms with Gasteiger partial charge in [-0.05, 0) is 6.92 Å². The van der Waals surface area contributed by atoms with Crippen molar-refractivity contribution in [1.29, 1.82) is 0 Å². The van der Waals surface area contributed by atoms with Crippen molar-refractivity contribution in [3.05, 3.63) is 18.0 Å². The van der Waals surface area contributed by atoms with Crippen LogP contribution in [0.1, 0.15) is 12.5 Å². The maximum absolute atomic E-state index is 12.1. The molecule has 1 atom stereocenters. The summed E-state index contributed by atoms with van der Waals surface area (Å²) in [5.41, 5.74) is 4.66. The van der Waals surface area contributed by atoms with Crippen LogP contribution in [0.4, 0.5) is 13.2 Å². The Morgan fingerprint density at radius 1 is 1.62 bits per heavy atom. The number of rotatable bonds is 2. The highest BCUT2D eigenvalue weighted by molar-refractivity contribution is 5.08. The van der Waals surface area contributed by atoms with Gasteiger partial charge in [-0.1, -0.05) is 0 Å². The van der Waals surface area contributed by atoms with E-state index in [0.717, 1.165) is 12.4 Å². The van der Waals surface area contributed by atoms with Crippen LogP contribution in [-0.4, -0.2) is 15.8 Å². The van der Waals surface area contributed by atoms with Crippen LogP contribution < -0.4 is 5.73 Å². The van der Waals surface area contributed by atoms with Gasteiger partial charge in [0.15, 0.2) is 0 Å². The van der Waals surface area contributed by atoms with Gasteiger partial charge in [-0.25, -0.2) is 0 Å². The molecule has 1 rings (SSSR count). The van der Waals surface area contributed by atoms with Crippen molar-refractivity contribution in [3.8, 4) is 0 Å². The Balaban J connectivity index is 2.75. The molecule has 0 aromatic carbocycles. The van der Waals surface area contributed by atoms with Gasteiger partial charge in [-0.15, -0.1) is 0 Å². The minimum atomic E-state index is -4.32. The first-order chi connectivity index (χ1) is 5.89. The molecule has 0 radical (unpaired) electrons. The fraction of sp³-hybridized carbons (Fsp3) is 0.571. The third-order valence-electron chi connectivity index (χ3n) is 1.44. The van der Waals surface area contributed by atoms with E-state index in [1.165, 1.54) is 4.68 Å². The van der Waals surface area contributed by atoms with E-state index in [1.807, 2.05) is 0 Å². The average Bonchev–Trinajstić information content (AvgIpc) is 2.32. The standard InChI is InChI=1S/C7H10F3N3/c1-5(11)3-13-4-6(2-12-13)7(8,9)10/h2,4-5H,3,11H2,1H3/t5-/m1/s1. The summed E-state index contributed by atoms with van der Waals surface area (Å²) in [4.78, 5) is 0. The molecule has 0 unspecified atom stereocenters. The maximum Gasteiger partial charge on any atom is 0.419 e. The van der Waals surface area contributed by atoms with Gasteiger partial charge in [0.2, 0.25) is 0 Å². The molecule has 0 bridgehead atoms. The summed E-state index contributed by atoms with van der Waals surface area (Å²) in [6.07, 6.45) is -2.58. The van der Waals surface area contributed by atoms with Gasteiger partial charge in [-0.2, -0.15) is 18.3 Å². The van der Waals surface area contributed by atoms with Gasteiger partial charge in [-0.3, -0.25) is 4.68 Å². The number of nitrogens with zero attached hydrogens (tertiary/aromatic N) is 2. The van der Waals surface area contributed by atoms with Crippen LogP contribution in [0.5, 0.6) is 0 Å². The summed E-state index contributed by atoms with van der Waals surface area (Å²) in [6.45, 7) is 1.99. The molecule has 74 valence electrons. The minimum absolute atomic E-state index is 0.207. The molecule has 0 spiro atoms. The highest BCUT2D eigenvalue weighted by atomic mass is 19.4. The van der Waals surface area contributed by atoms with Gasteiger partial charge in [0.1, 0.15) is 0 Å². The lowest BCUT2D eigenvalue weighted by atomic mass is 10.3. The smallest absolute Gasteiger partial charge is 0.326 e. The third-order valence-corrected chi connectivity index (χ3v) is 1.44. The van der Waals surface area contributed by atoms with Crippen LogP contribution in [0, 0.1) is 0 Å². The Morgan fingerprint density at radius 3 is 2.62 bits per heavy atom. The van der Waals surface area contributed by atoms with Gasteiger partial charge in [0.05, 0.1) is 18.3 Å². The van der Waals surface area contributed by atoms with E-state index in [4.69, 9.17) is 5.73 Å². The predicted octanol–water partition coefficient (Wildman–Crippen LogP) is 1.25. The Morgan fingerprint density at radius 2 is 2.23 bits per heavy atom. The number of halogens is 3. The fourth-order valence-corrected chi connectivity index (χ4v) is 0.905. The van der Waals surface area contributed by atoms with Crippen molar-refractivity contribution in [2.45, 2.75) is 25.7 Å². The predicted molar refractivity (Wildman–Crippen MR) is 40.9 cm³/mol. The van der Waals surface area contributed by atoms with E-state index in [1.54, 1.807) is 6.92 Å². The van der Waals surface area contributed by atoms with Gasteiger partial charge in [0, 0.05) is 12.2 Å². The molecule has 13 heavy (non-hydrogen) atoms. The molecule has 0 aliphatic heterocycles. The van der Waals surface area contributed by atoms with Crippen molar-refractivity contribution >= 4 is 0 Å². The van der Waals surface area contributed by atoms with Crippen molar-refractivity contribution in [2.75, 3.05) is 0 Å². The summed E-state index contributed by atoms with van der Waals surface area (Å²) < 4.78 is 37.4. The molecule has 2 N–H and O–H groups in total. The molecule has 1 heterocycles. The van der Waals surface area contributed by atoms with Crippen LogP contribution in [0.3, 0.4) is 0 Å². The second-order valence-electron chi connectivity index (χ2n) is 2.93. The number of hydrogen-bond donors (Lipinski definition) is 1. The first kappa shape index (κ1) is 10.0. The van der Waals surface area contributed by atoms with E-state index in [-0.39, 0.29) is 12.6 Å². The SMILES string of the molecule is C[C@@H](N)Cn1cc(C(F)(F)F)cn1. The molecule has 0 saturated heterocycles. The van der Waals surface area contributed by atoms with Crippen molar-refractivity contribution in [2.24, 2.45) is 5.73 Å². The molecule has 0 aliphatic carbocycles. The number of nitrogens with two attached hydrogens (primary N) is 1. The van der Waals surface area contributed by atoms with Crippen LogP contribution in [0.25, 0.3) is 0 Å². The zero-order chi connectivity index (χ0) is 10.1. The fourth-order valence-electron chi connectivity index (χ4n) is 0.905. The van der Waals surface area contributed by atoms with Crippen molar-refractivity contribution in [1.82, 2.24) is 9.78 Å². The second kappa shape index (κ2) is 3.37. The highest BCUT2D eigenvalue weighted by Gasteiger charge is 2.32. The number of hydrogen-bond acceptors (Lipinski definition) is 2. The molecule has 0 amide bonds. The van der Waals surface area contributed by atoms with Crippen molar-refractivity contribution < 1.29 is 13.2 Å². The van der Waals surface area contributed by atoms with E-state index in [2.05, 4.69) is 5.10 Å². The normalized spacial score (nSPS) is 14.5. The first-order valence-electron chi connectivity index (χ1n) is 3.75. The van der Waals surface area contributed by atoms with Crippen LogP contribution >= 0.6 is 0 Å². The minimum Gasteiger partial charge on any atom is -0.326 e. The lowest BCUT2D eigenvalue weighted by Crippen LogP contribution is -2.22. The Bertz CT molecular complexity index is 277. The quantitative estimate of drug-likeness (QED) is 0.768. The lowest BCUT2D eigenvalue weighted by molar-refractivity contribution is -0.137. The number of aromatic nitrogens is 2. The second-order valence-corrected chi connectivity index (χ2v) is 2.93. The molecule has 0 fully saturated rings. The topological polar surface area (TPSA) is 43.8 Å². The van der Waals surface area contributed by atoms with Crippen molar-refractivity contribution in [3.63, 3.8) is 0 Å². The first-order valence-corrected chi connectivity index (χ1v) is 3.75. The molecule has 1 aromatic rings. The zero-order valence-electron chi connectivity index (χ0n) is 7.04. The Hall–Kier alpha value is -1.04. The highest BCUT2D eigenvalue weighted by Crippen LogP contribution is 2.28. The summed E-state index contributed by atoms with van der Waals surface area (Å²) in [6, 6.07) is -0.207. The zero-order valence-corrected chi connectivity index (χ0v) is 7.04. The summed E-state index contributed by atoms with van der Waals surface area (Å²) in [7, 11) is 0. The molecule has 0 aliphatic rings. The molecule has 3 nitrogen and oxygen atoms in total. The largest absolute Gasteiger partial charge is 0.419 e. The van der Waals surface area contributed by atoms with Gasteiger partial charge >= 0.3 is 6.18 Å². The lowest BCUT2D eigenvalue weighted by Gasteiger charge is -2.04. The van der Waals surface area contributed by atoms with Crippen LogP contribution in [0.15, 0.2) is 12.4 Å². The van der Waals surface area contributed by atoms with E-state index >= 15 is 0 Å². The Kier molecular flexibility index (Phi) is 2.60. The van der Waals surface area contributed by atoms with Crippen LogP contribution in [-0.2, 0) is 12.7 Å². The van der Waals surface area contributed by atoms with E-state index < -0.39 is 11.7 Å². The monoisotopic (exact) mass is 193 g/mol. The van der Waals surface area contributed by atoms with Crippen LogP contribution in [0.2, 0.25) is 0 Å². The summed E-state index contributed by atoms with van der Waals surface area (Å²) in [5.74, 6) is 0. The molecule has 0 saturated carbocycles. The maximum atomic E-state index is 12.1. The van der Waals surface area contributed by atoms with Gasteiger partial charge < -0.3 is 5.73 Å².